The molecule has 0 bridgehead atoms. The highest BCUT2D eigenvalue weighted by molar-refractivity contribution is 5.38. The van der Waals surface area contributed by atoms with Crippen molar-refractivity contribution in [3.8, 4) is 11.4 Å². The minimum absolute atomic E-state index is 0.365. The van der Waals surface area contributed by atoms with Gasteiger partial charge in [-0.15, -0.1) is 0 Å². The van der Waals surface area contributed by atoms with Crippen molar-refractivity contribution in [2.75, 3.05) is 0 Å². The normalized spacial score (nSPS) is 10.4. The molecule has 2 aromatic rings. The Morgan fingerprint density at radius 1 is 1.36 bits per heavy atom. The van der Waals surface area contributed by atoms with Crippen molar-refractivity contribution in [2.45, 2.75) is 6.92 Å². The molecule has 1 heterocycles. The summed E-state index contributed by atoms with van der Waals surface area (Å²) < 4.78 is 14.3. The molecule has 0 aliphatic carbocycles. The quantitative estimate of drug-likeness (QED) is 0.750. The van der Waals surface area contributed by atoms with Crippen molar-refractivity contribution in [2.24, 2.45) is 0 Å². The topological polar surface area (TPSA) is 38.0 Å². The first-order chi connectivity index (χ1) is 6.66. The SMILES string of the molecule is Cc1ccn(-c2ccc(F)c(O)c2)n1. The van der Waals surface area contributed by atoms with Gasteiger partial charge in [-0.25, -0.2) is 9.07 Å². The van der Waals surface area contributed by atoms with E-state index in [1.807, 2.05) is 13.0 Å². The number of aromatic hydroxyl groups is 1. The Kier molecular flexibility index (Phi) is 1.96. The summed E-state index contributed by atoms with van der Waals surface area (Å²) in [6, 6.07) is 5.94. The molecule has 1 N–H and O–H groups in total. The van der Waals surface area contributed by atoms with Crippen molar-refractivity contribution >= 4 is 0 Å². The monoisotopic (exact) mass is 192 g/mol. The minimum atomic E-state index is -0.627. The maximum absolute atomic E-state index is 12.7. The Hall–Kier alpha value is -1.84. The number of rotatable bonds is 1. The van der Waals surface area contributed by atoms with E-state index in [0.717, 1.165) is 5.69 Å². The van der Waals surface area contributed by atoms with Crippen LogP contribution in [0.15, 0.2) is 30.5 Å². The largest absolute Gasteiger partial charge is 0.505 e. The molecular weight excluding hydrogens is 183 g/mol. The molecular formula is C10H9FN2O. The maximum Gasteiger partial charge on any atom is 0.164 e. The van der Waals surface area contributed by atoms with Crippen molar-refractivity contribution in [3.63, 3.8) is 0 Å². The summed E-state index contributed by atoms with van der Waals surface area (Å²) in [6.45, 7) is 1.86. The van der Waals surface area contributed by atoms with Gasteiger partial charge in [0.2, 0.25) is 0 Å². The lowest BCUT2D eigenvalue weighted by molar-refractivity contribution is 0.432. The summed E-state index contributed by atoms with van der Waals surface area (Å²) >= 11 is 0. The maximum atomic E-state index is 12.7. The summed E-state index contributed by atoms with van der Waals surface area (Å²) in [5.74, 6) is -0.992. The van der Waals surface area contributed by atoms with Gasteiger partial charge in [-0.05, 0) is 25.1 Å². The number of hydrogen-bond acceptors (Lipinski definition) is 2. The van der Waals surface area contributed by atoms with E-state index in [4.69, 9.17) is 5.11 Å². The summed E-state index contributed by atoms with van der Waals surface area (Å²) in [5.41, 5.74) is 1.51. The van der Waals surface area contributed by atoms with Crippen LogP contribution in [-0.4, -0.2) is 14.9 Å². The number of nitrogens with zero attached hydrogens (tertiary/aromatic N) is 2. The van der Waals surface area contributed by atoms with Crippen LogP contribution in [0.25, 0.3) is 5.69 Å². The molecule has 0 aliphatic rings. The smallest absolute Gasteiger partial charge is 0.164 e. The van der Waals surface area contributed by atoms with E-state index in [1.165, 1.54) is 12.1 Å². The van der Waals surface area contributed by atoms with Gasteiger partial charge in [0, 0.05) is 12.3 Å². The molecule has 0 atom stereocenters. The second-order valence-corrected chi connectivity index (χ2v) is 3.04. The molecule has 1 aromatic heterocycles. The number of hydrogen-bond donors (Lipinski definition) is 1. The summed E-state index contributed by atoms with van der Waals surface area (Å²) in [5, 5.41) is 13.3. The Labute approximate surface area is 80.4 Å². The molecule has 4 heteroatoms. The molecule has 0 saturated carbocycles. The van der Waals surface area contributed by atoms with E-state index in [2.05, 4.69) is 5.10 Å². The first-order valence-corrected chi connectivity index (χ1v) is 4.18. The van der Waals surface area contributed by atoms with Crippen LogP contribution in [0.4, 0.5) is 4.39 Å². The first-order valence-electron chi connectivity index (χ1n) is 4.18. The highest BCUT2D eigenvalue weighted by Gasteiger charge is 2.03. The first kappa shape index (κ1) is 8.74. The van der Waals surface area contributed by atoms with Crippen LogP contribution in [0.3, 0.4) is 0 Å². The molecule has 3 nitrogen and oxygen atoms in total. The molecule has 0 spiro atoms. The third-order valence-electron chi connectivity index (χ3n) is 1.92. The van der Waals surface area contributed by atoms with E-state index < -0.39 is 5.82 Å². The Morgan fingerprint density at radius 2 is 2.14 bits per heavy atom. The van der Waals surface area contributed by atoms with Gasteiger partial charge in [-0.2, -0.15) is 5.10 Å². The Balaban J connectivity index is 2.47. The van der Waals surface area contributed by atoms with Crippen LogP contribution >= 0.6 is 0 Å². The lowest BCUT2D eigenvalue weighted by Gasteiger charge is -2.02. The molecule has 0 fully saturated rings. The Bertz CT molecular complexity index is 465. The van der Waals surface area contributed by atoms with Crippen LogP contribution in [0.2, 0.25) is 0 Å². The molecule has 0 radical (unpaired) electrons. The van der Waals surface area contributed by atoms with Crippen LogP contribution < -0.4 is 0 Å². The van der Waals surface area contributed by atoms with Gasteiger partial charge in [0.25, 0.3) is 0 Å². The highest BCUT2D eigenvalue weighted by atomic mass is 19.1. The summed E-state index contributed by atoms with van der Waals surface area (Å²) in [4.78, 5) is 0. The number of phenols is 1. The molecule has 0 unspecified atom stereocenters. The van der Waals surface area contributed by atoms with Gasteiger partial charge in [0.15, 0.2) is 11.6 Å². The number of halogens is 1. The van der Waals surface area contributed by atoms with Gasteiger partial charge in [0.05, 0.1) is 11.4 Å². The predicted molar refractivity (Wildman–Crippen MR) is 49.9 cm³/mol. The number of benzene rings is 1. The summed E-state index contributed by atoms with van der Waals surface area (Å²) in [6.07, 6.45) is 1.75. The highest BCUT2D eigenvalue weighted by Crippen LogP contribution is 2.18. The molecule has 2 rings (SSSR count). The fraction of sp³-hybridized carbons (Fsp3) is 0.100. The minimum Gasteiger partial charge on any atom is -0.505 e. The van der Waals surface area contributed by atoms with Crippen LogP contribution in [0, 0.1) is 12.7 Å². The van der Waals surface area contributed by atoms with Gasteiger partial charge in [0.1, 0.15) is 0 Å². The number of aromatic nitrogens is 2. The van der Waals surface area contributed by atoms with Gasteiger partial charge in [-0.1, -0.05) is 0 Å². The van der Waals surface area contributed by atoms with Gasteiger partial charge < -0.3 is 5.11 Å². The van der Waals surface area contributed by atoms with Gasteiger partial charge >= 0.3 is 0 Å². The average Bonchev–Trinajstić information content (AvgIpc) is 2.57. The van der Waals surface area contributed by atoms with E-state index in [0.29, 0.717) is 5.69 Å². The van der Waals surface area contributed by atoms with Crippen molar-refractivity contribution < 1.29 is 9.50 Å². The lowest BCUT2D eigenvalue weighted by atomic mass is 10.3. The van der Waals surface area contributed by atoms with E-state index in [1.54, 1.807) is 16.9 Å². The van der Waals surface area contributed by atoms with E-state index in [9.17, 15) is 4.39 Å². The average molecular weight is 192 g/mol. The van der Waals surface area contributed by atoms with Crippen molar-refractivity contribution in [3.05, 3.63) is 42.0 Å². The second-order valence-electron chi connectivity index (χ2n) is 3.04. The molecule has 0 aliphatic heterocycles. The Morgan fingerprint density at radius 3 is 2.71 bits per heavy atom. The second kappa shape index (κ2) is 3.14. The molecule has 1 aromatic carbocycles. The number of aryl methyl sites for hydroxylation is 1. The third-order valence-corrected chi connectivity index (χ3v) is 1.92. The number of phenolic OH excluding ortho intramolecular Hbond substituents is 1. The standard InChI is InChI=1S/C10H9FN2O/c1-7-4-5-13(12-7)8-2-3-9(11)10(14)6-8/h2-6,14H,1H3. The predicted octanol–water partition coefficient (Wildman–Crippen LogP) is 2.03. The van der Waals surface area contributed by atoms with Crippen molar-refractivity contribution in [1.82, 2.24) is 9.78 Å². The third kappa shape index (κ3) is 1.46. The summed E-state index contributed by atoms with van der Waals surface area (Å²) in [7, 11) is 0. The lowest BCUT2D eigenvalue weighted by Crippen LogP contribution is -1.95. The van der Waals surface area contributed by atoms with E-state index >= 15 is 0 Å². The zero-order valence-electron chi connectivity index (χ0n) is 7.61. The molecule has 0 amide bonds. The zero-order chi connectivity index (χ0) is 10.1. The van der Waals surface area contributed by atoms with Crippen LogP contribution in [0.1, 0.15) is 5.69 Å². The molecule has 72 valence electrons. The fourth-order valence-corrected chi connectivity index (χ4v) is 1.20. The fourth-order valence-electron chi connectivity index (χ4n) is 1.20. The van der Waals surface area contributed by atoms with Crippen LogP contribution in [0.5, 0.6) is 5.75 Å². The van der Waals surface area contributed by atoms with Crippen molar-refractivity contribution in [1.29, 1.82) is 0 Å². The van der Waals surface area contributed by atoms with Crippen LogP contribution in [-0.2, 0) is 0 Å². The molecule has 0 saturated heterocycles. The molecule has 14 heavy (non-hydrogen) atoms. The van der Waals surface area contributed by atoms with E-state index in [-0.39, 0.29) is 5.75 Å². The van der Waals surface area contributed by atoms with Gasteiger partial charge in [-0.3, -0.25) is 0 Å². The zero-order valence-corrected chi connectivity index (χ0v) is 7.61.